The predicted octanol–water partition coefficient (Wildman–Crippen LogP) is 7.13. The summed E-state index contributed by atoms with van der Waals surface area (Å²) in [7, 11) is 0. The van der Waals surface area contributed by atoms with Crippen molar-refractivity contribution < 1.29 is 18.7 Å². The Hall–Kier alpha value is -4.44. The molecular weight excluding hydrogens is 628 g/mol. The Bertz CT molecular complexity index is 2030. The lowest BCUT2D eigenvalue weighted by molar-refractivity contribution is -0.128. The molecule has 7 rings (SSSR count). The molecule has 2 amide bonds. The lowest BCUT2D eigenvalue weighted by Gasteiger charge is -2.39. The van der Waals surface area contributed by atoms with E-state index < -0.39 is 29.1 Å². The van der Waals surface area contributed by atoms with Crippen molar-refractivity contribution in [3.8, 4) is 5.75 Å². The molecule has 4 atom stereocenters. The molecule has 8 nitrogen and oxygen atoms in total. The Labute approximate surface area is 274 Å². The van der Waals surface area contributed by atoms with Crippen LogP contribution in [0.3, 0.4) is 0 Å². The number of hydrogen-bond donors (Lipinski definition) is 3. The van der Waals surface area contributed by atoms with E-state index >= 15 is 4.39 Å². The van der Waals surface area contributed by atoms with Gasteiger partial charge in [-0.1, -0.05) is 53.5 Å². The number of hydrogen-bond acceptors (Lipinski definition) is 5. The van der Waals surface area contributed by atoms with E-state index in [1.165, 1.54) is 6.07 Å². The minimum absolute atomic E-state index is 0.0487. The minimum Gasteiger partial charge on any atom is -0.494 e. The summed E-state index contributed by atoms with van der Waals surface area (Å²) in [6, 6.07) is 22.5. The van der Waals surface area contributed by atoms with Gasteiger partial charge in [0, 0.05) is 46.3 Å². The van der Waals surface area contributed by atoms with Gasteiger partial charge in [-0.3, -0.25) is 14.5 Å². The first-order chi connectivity index (χ1) is 22.1. The molecule has 0 unspecified atom stereocenters. The molecule has 1 fully saturated rings. The second kappa shape index (κ2) is 11.4. The average molecular weight is 659 g/mol. The number of nitrogens with two attached hydrogens (primary N) is 1. The number of amides is 2. The molecule has 11 heteroatoms. The highest BCUT2D eigenvalue weighted by Crippen LogP contribution is 2.62. The maximum absolute atomic E-state index is 16.3. The summed E-state index contributed by atoms with van der Waals surface area (Å²) in [6.07, 6.45) is 0. The van der Waals surface area contributed by atoms with Crippen molar-refractivity contribution in [3.05, 3.63) is 123 Å². The van der Waals surface area contributed by atoms with E-state index in [0.717, 1.165) is 5.56 Å². The third kappa shape index (κ3) is 4.64. The first kappa shape index (κ1) is 30.2. The van der Waals surface area contributed by atoms with Crippen LogP contribution in [0.25, 0.3) is 11.0 Å². The molecule has 46 heavy (non-hydrogen) atoms. The Morgan fingerprint density at radius 3 is 2.67 bits per heavy atom. The fourth-order valence-corrected chi connectivity index (χ4v) is 7.74. The van der Waals surface area contributed by atoms with Gasteiger partial charge in [0.25, 0.3) is 0 Å². The second-order valence-corrected chi connectivity index (χ2v) is 12.6. The van der Waals surface area contributed by atoms with E-state index in [9.17, 15) is 9.59 Å². The average Bonchev–Trinajstić information content (AvgIpc) is 3.65. The molecule has 5 aromatic rings. The van der Waals surface area contributed by atoms with Gasteiger partial charge in [0.1, 0.15) is 22.9 Å². The number of likely N-dealkylation sites (tertiary alicyclic amines) is 1. The number of anilines is 1. The SMILES string of the molecule is CCOc1cccc(CN2[C@@H](C)[C@@H](c3nc4ccc(C(N)=O)cc4[nH]3)[C@H](c3cccc(Cl)c3F)[C@]23C(=O)Nc2cc(Cl)ccc23)c1. The number of carbonyl (C=O) groups is 2. The van der Waals surface area contributed by atoms with Crippen LogP contribution in [0, 0.1) is 5.82 Å². The van der Waals surface area contributed by atoms with Gasteiger partial charge in [0.2, 0.25) is 11.8 Å². The van der Waals surface area contributed by atoms with Crippen LogP contribution in [0.2, 0.25) is 10.0 Å². The minimum atomic E-state index is -1.39. The molecular formula is C35H30Cl2FN5O3. The van der Waals surface area contributed by atoms with Gasteiger partial charge in [-0.15, -0.1) is 0 Å². The number of nitrogens with zero attached hydrogens (tertiary/aromatic N) is 2. The van der Waals surface area contributed by atoms with Gasteiger partial charge in [-0.25, -0.2) is 9.37 Å². The zero-order valence-corrected chi connectivity index (χ0v) is 26.5. The van der Waals surface area contributed by atoms with E-state index in [1.54, 1.807) is 42.5 Å². The normalized spacial score (nSPS) is 22.4. The summed E-state index contributed by atoms with van der Waals surface area (Å²) in [5, 5.41) is 3.48. The quantitative estimate of drug-likeness (QED) is 0.172. The summed E-state index contributed by atoms with van der Waals surface area (Å²) >= 11 is 12.8. The highest BCUT2D eigenvalue weighted by Gasteiger charge is 2.67. The van der Waals surface area contributed by atoms with Crippen molar-refractivity contribution >= 4 is 51.7 Å². The Balaban J connectivity index is 1.50. The molecule has 2 aliphatic rings. The van der Waals surface area contributed by atoms with E-state index in [-0.39, 0.29) is 22.5 Å². The van der Waals surface area contributed by atoms with Gasteiger partial charge < -0.3 is 20.8 Å². The van der Waals surface area contributed by atoms with Crippen molar-refractivity contribution in [2.75, 3.05) is 11.9 Å². The topological polar surface area (TPSA) is 113 Å². The molecule has 1 aromatic heterocycles. The van der Waals surface area contributed by atoms with Crippen molar-refractivity contribution in [2.24, 2.45) is 5.73 Å². The molecule has 1 spiro atoms. The van der Waals surface area contributed by atoms with Gasteiger partial charge in [0.15, 0.2) is 0 Å². The lowest BCUT2D eigenvalue weighted by atomic mass is 9.71. The molecule has 234 valence electrons. The molecule has 4 aromatic carbocycles. The Kier molecular flexibility index (Phi) is 7.50. The number of primary amides is 1. The summed E-state index contributed by atoms with van der Waals surface area (Å²) in [6.45, 7) is 4.78. The molecule has 4 N–H and O–H groups in total. The number of H-pyrrole nitrogens is 1. The van der Waals surface area contributed by atoms with Crippen LogP contribution in [-0.2, 0) is 16.9 Å². The number of imidazole rings is 1. The summed E-state index contributed by atoms with van der Waals surface area (Å²) in [5.74, 6) is -1.57. The van der Waals surface area contributed by atoms with Gasteiger partial charge in [0.05, 0.1) is 22.7 Å². The number of fused-ring (bicyclic) bond motifs is 3. The summed E-state index contributed by atoms with van der Waals surface area (Å²) < 4.78 is 22.1. The number of halogens is 3. The number of benzene rings is 4. The smallest absolute Gasteiger partial charge is 0.250 e. The third-order valence-electron chi connectivity index (χ3n) is 9.24. The van der Waals surface area contributed by atoms with Crippen LogP contribution in [0.5, 0.6) is 5.75 Å². The zero-order chi connectivity index (χ0) is 32.3. The molecule has 0 saturated carbocycles. The van der Waals surface area contributed by atoms with Gasteiger partial charge in [-0.2, -0.15) is 0 Å². The van der Waals surface area contributed by atoms with Crippen LogP contribution < -0.4 is 15.8 Å². The molecule has 1 saturated heterocycles. The van der Waals surface area contributed by atoms with E-state index in [2.05, 4.69) is 15.2 Å². The van der Waals surface area contributed by atoms with Crippen molar-refractivity contribution in [1.29, 1.82) is 0 Å². The monoisotopic (exact) mass is 657 g/mol. The molecule has 2 aliphatic heterocycles. The third-order valence-corrected chi connectivity index (χ3v) is 9.77. The zero-order valence-electron chi connectivity index (χ0n) is 25.0. The summed E-state index contributed by atoms with van der Waals surface area (Å²) in [4.78, 5) is 37.1. The van der Waals surface area contributed by atoms with Crippen molar-refractivity contribution in [1.82, 2.24) is 14.9 Å². The Morgan fingerprint density at radius 1 is 1.09 bits per heavy atom. The summed E-state index contributed by atoms with van der Waals surface area (Å²) in [5.41, 5.74) is 8.13. The van der Waals surface area contributed by atoms with Crippen molar-refractivity contribution in [2.45, 2.75) is 43.8 Å². The first-order valence-electron chi connectivity index (χ1n) is 15.0. The number of carbonyl (C=O) groups excluding carboxylic acids is 2. The highest BCUT2D eigenvalue weighted by molar-refractivity contribution is 6.31. The molecule has 0 bridgehead atoms. The fourth-order valence-electron chi connectivity index (χ4n) is 7.39. The largest absolute Gasteiger partial charge is 0.494 e. The molecule has 0 aliphatic carbocycles. The second-order valence-electron chi connectivity index (χ2n) is 11.7. The van der Waals surface area contributed by atoms with Crippen LogP contribution >= 0.6 is 23.2 Å². The molecule has 3 heterocycles. The number of nitrogens with one attached hydrogen (secondary N) is 2. The maximum atomic E-state index is 16.3. The van der Waals surface area contributed by atoms with Crippen LogP contribution in [0.1, 0.15) is 58.6 Å². The van der Waals surface area contributed by atoms with Crippen LogP contribution in [0.4, 0.5) is 10.1 Å². The Morgan fingerprint density at radius 2 is 1.89 bits per heavy atom. The lowest BCUT2D eigenvalue weighted by Crippen LogP contribution is -2.51. The van der Waals surface area contributed by atoms with Gasteiger partial charge in [-0.05, 0) is 73.5 Å². The maximum Gasteiger partial charge on any atom is 0.250 e. The number of aromatic amines is 1. The van der Waals surface area contributed by atoms with E-state index in [0.29, 0.717) is 57.6 Å². The standard InChI is InChI=1S/C35H30Cl2FN5O3/c1-3-46-22-7-4-6-19(14-22)17-43-18(2)29(33-40-26-13-10-20(32(39)44)15-28(26)41-33)30(23-8-5-9-25(37)31(23)38)35(43)24-12-11-21(36)16-27(24)42-34(35)45/h4-16,18,29-30H,3,17H2,1-2H3,(H2,39,44)(H,40,41)(H,42,45)/t18-,29+,30-,35+/m0/s1. The first-order valence-corrected chi connectivity index (χ1v) is 15.7. The molecule has 0 radical (unpaired) electrons. The number of aromatic nitrogens is 2. The highest BCUT2D eigenvalue weighted by atomic mass is 35.5. The van der Waals surface area contributed by atoms with Gasteiger partial charge >= 0.3 is 0 Å². The van der Waals surface area contributed by atoms with Crippen molar-refractivity contribution in [3.63, 3.8) is 0 Å². The van der Waals surface area contributed by atoms with E-state index in [4.69, 9.17) is 38.7 Å². The number of rotatable bonds is 7. The number of ether oxygens (including phenoxy) is 1. The fraction of sp³-hybridized carbons (Fsp3) is 0.229. The van der Waals surface area contributed by atoms with Crippen LogP contribution in [-0.4, -0.2) is 39.3 Å². The predicted molar refractivity (Wildman–Crippen MR) is 176 cm³/mol. The van der Waals surface area contributed by atoms with Crippen LogP contribution in [0.15, 0.2) is 78.9 Å². The van der Waals surface area contributed by atoms with E-state index in [1.807, 2.05) is 44.2 Å².